The number of carbonyl (C=O) groups is 1. The number of carbonyl (C=O) groups excluding carboxylic acids is 1. The SMILES string of the molecule is O=C(Cn1c(C2=CCC=N2)nc2ccccc21)Nc1ccc(Cl)c(Cl)c1. The maximum Gasteiger partial charge on any atom is 0.244 e. The topological polar surface area (TPSA) is 59.3 Å². The van der Waals surface area contributed by atoms with Gasteiger partial charge in [0, 0.05) is 18.3 Å². The number of imidazole rings is 1. The van der Waals surface area contributed by atoms with E-state index in [1.165, 1.54) is 0 Å². The van der Waals surface area contributed by atoms with E-state index in [0.717, 1.165) is 23.2 Å². The number of rotatable bonds is 4. The Kier molecular flexibility index (Phi) is 4.49. The van der Waals surface area contributed by atoms with Crippen LogP contribution < -0.4 is 5.32 Å². The van der Waals surface area contributed by atoms with E-state index in [-0.39, 0.29) is 12.5 Å². The van der Waals surface area contributed by atoms with E-state index in [0.29, 0.717) is 21.6 Å². The standard InChI is InChI=1S/C19H14Cl2N4O/c20-13-8-7-12(10-14(13)21)23-18(26)11-25-17-6-2-1-4-15(17)24-19(25)16-5-3-9-22-16/h1-2,4-10H,3,11H2,(H,23,26). The molecule has 1 amide bonds. The van der Waals surface area contributed by atoms with E-state index in [1.807, 2.05) is 41.1 Å². The minimum Gasteiger partial charge on any atom is -0.324 e. The molecule has 1 aliphatic rings. The van der Waals surface area contributed by atoms with Gasteiger partial charge in [-0.2, -0.15) is 0 Å². The van der Waals surface area contributed by atoms with Gasteiger partial charge in [-0.05, 0) is 36.4 Å². The number of benzene rings is 2. The van der Waals surface area contributed by atoms with Crippen LogP contribution in [0.2, 0.25) is 10.0 Å². The Morgan fingerprint density at radius 1 is 1.15 bits per heavy atom. The summed E-state index contributed by atoms with van der Waals surface area (Å²) in [5, 5.41) is 3.68. The van der Waals surface area contributed by atoms with Crippen molar-refractivity contribution in [2.24, 2.45) is 4.99 Å². The van der Waals surface area contributed by atoms with Gasteiger partial charge in [0.15, 0.2) is 5.82 Å². The van der Waals surface area contributed by atoms with Crippen LogP contribution in [0.25, 0.3) is 16.7 Å². The van der Waals surface area contributed by atoms with Crippen LogP contribution in [0.3, 0.4) is 0 Å². The molecule has 4 rings (SSSR count). The van der Waals surface area contributed by atoms with Gasteiger partial charge in [-0.1, -0.05) is 35.3 Å². The first-order chi connectivity index (χ1) is 12.6. The average molecular weight is 385 g/mol. The molecular formula is C19H14Cl2N4O. The van der Waals surface area contributed by atoms with Gasteiger partial charge in [0.2, 0.25) is 5.91 Å². The number of hydrogen-bond acceptors (Lipinski definition) is 3. The highest BCUT2D eigenvalue weighted by Crippen LogP contribution is 2.26. The number of allylic oxidation sites excluding steroid dienone is 1. The van der Waals surface area contributed by atoms with Gasteiger partial charge in [0.05, 0.1) is 21.1 Å². The molecule has 26 heavy (non-hydrogen) atoms. The number of para-hydroxylation sites is 2. The Balaban J connectivity index is 1.65. The number of anilines is 1. The number of aliphatic imine (C=N–C) groups is 1. The number of nitrogens with zero attached hydrogens (tertiary/aromatic N) is 3. The van der Waals surface area contributed by atoms with Crippen molar-refractivity contribution in [3.05, 3.63) is 64.4 Å². The van der Waals surface area contributed by atoms with E-state index in [9.17, 15) is 4.79 Å². The van der Waals surface area contributed by atoms with Gasteiger partial charge >= 0.3 is 0 Å². The van der Waals surface area contributed by atoms with Crippen molar-refractivity contribution in [1.82, 2.24) is 9.55 Å². The van der Waals surface area contributed by atoms with Crippen LogP contribution in [0, 0.1) is 0 Å². The highest BCUT2D eigenvalue weighted by Gasteiger charge is 2.17. The molecule has 1 aromatic heterocycles. The van der Waals surface area contributed by atoms with Crippen LogP contribution >= 0.6 is 23.2 Å². The lowest BCUT2D eigenvalue weighted by Crippen LogP contribution is -2.20. The summed E-state index contributed by atoms with van der Waals surface area (Å²) in [6, 6.07) is 12.7. The van der Waals surface area contributed by atoms with Crippen molar-refractivity contribution >= 4 is 57.7 Å². The second-order valence-electron chi connectivity index (χ2n) is 5.82. The van der Waals surface area contributed by atoms with E-state index < -0.39 is 0 Å². The first kappa shape index (κ1) is 16.8. The van der Waals surface area contributed by atoms with Crippen molar-refractivity contribution in [3.63, 3.8) is 0 Å². The zero-order chi connectivity index (χ0) is 18.1. The van der Waals surface area contributed by atoms with Crippen molar-refractivity contribution in [2.45, 2.75) is 13.0 Å². The van der Waals surface area contributed by atoms with Gasteiger partial charge < -0.3 is 9.88 Å². The minimum atomic E-state index is -0.185. The van der Waals surface area contributed by atoms with Gasteiger partial charge in [-0.25, -0.2) is 4.98 Å². The van der Waals surface area contributed by atoms with Crippen molar-refractivity contribution in [1.29, 1.82) is 0 Å². The molecule has 0 atom stereocenters. The third-order valence-electron chi connectivity index (χ3n) is 4.04. The number of hydrogen-bond donors (Lipinski definition) is 1. The predicted octanol–water partition coefficient (Wildman–Crippen LogP) is 4.80. The zero-order valence-electron chi connectivity index (χ0n) is 13.6. The summed E-state index contributed by atoms with van der Waals surface area (Å²) in [7, 11) is 0. The number of fused-ring (bicyclic) bond motifs is 1. The molecule has 0 bridgehead atoms. The Labute approximate surface area is 160 Å². The molecule has 0 spiro atoms. The molecule has 0 aliphatic carbocycles. The van der Waals surface area contributed by atoms with Crippen LogP contribution in [0.5, 0.6) is 0 Å². The molecule has 3 aromatic rings. The second-order valence-corrected chi connectivity index (χ2v) is 6.64. The first-order valence-electron chi connectivity index (χ1n) is 8.05. The van der Waals surface area contributed by atoms with Crippen LogP contribution in [0.1, 0.15) is 12.2 Å². The van der Waals surface area contributed by atoms with E-state index in [1.54, 1.807) is 18.2 Å². The molecule has 0 unspecified atom stereocenters. The van der Waals surface area contributed by atoms with Gasteiger partial charge in [0.25, 0.3) is 0 Å². The minimum absolute atomic E-state index is 0.114. The van der Waals surface area contributed by atoms with Gasteiger partial charge in [-0.15, -0.1) is 0 Å². The van der Waals surface area contributed by atoms with Crippen molar-refractivity contribution in [2.75, 3.05) is 5.32 Å². The molecule has 1 N–H and O–H groups in total. The Morgan fingerprint density at radius 2 is 2.00 bits per heavy atom. The molecule has 2 aromatic carbocycles. The number of halogens is 2. The van der Waals surface area contributed by atoms with Crippen molar-refractivity contribution < 1.29 is 4.79 Å². The van der Waals surface area contributed by atoms with Crippen molar-refractivity contribution in [3.8, 4) is 0 Å². The summed E-state index contributed by atoms with van der Waals surface area (Å²) in [5.74, 6) is 0.500. The summed E-state index contributed by atoms with van der Waals surface area (Å²) in [5.41, 5.74) is 3.08. The summed E-state index contributed by atoms with van der Waals surface area (Å²) >= 11 is 11.9. The summed E-state index contributed by atoms with van der Waals surface area (Å²) in [6.07, 6.45) is 4.59. The number of amides is 1. The Hall–Kier alpha value is -2.63. The van der Waals surface area contributed by atoms with Crippen LogP contribution in [-0.4, -0.2) is 21.7 Å². The maximum atomic E-state index is 12.6. The third kappa shape index (κ3) is 3.23. The normalized spacial score (nSPS) is 13.2. The summed E-state index contributed by atoms with van der Waals surface area (Å²) in [4.78, 5) is 21.6. The summed E-state index contributed by atoms with van der Waals surface area (Å²) < 4.78 is 1.87. The van der Waals surface area contributed by atoms with Crippen LogP contribution in [0.4, 0.5) is 5.69 Å². The second kappa shape index (κ2) is 6.94. The average Bonchev–Trinajstić information content (AvgIpc) is 3.26. The molecule has 130 valence electrons. The van der Waals surface area contributed by atoms with E-state index in [4.69, 9.17) is 23.2 Å². The van der Waals surface area contributed by atoms with E-state index >= 15 is 0 Å². The van der Waals surface area contributed by atoms with Gasteiger partial charge in [-0.3, -0.25) is 9.79 Å². The Morgan fingerprint density at radius 3 is 2.77 bits per heavy atom. The molecule has 5 nitrogen and oxygen atoms in total. The molecule has 7 heteroatoms. The smallest absolute Gasteiger partial charge is 0.244 e. The molecule has 0 radical (unpaired) electrons. The molecule has 0 fully saturated rings. The lowest BCUT2D eigenvalue weighted by Gasteiger charge is -2.10. The fourth-order valence-electron chi connectivity index (χ4n) is 2.87. The Bertz CT molecular complexity index is 1070. The lowest BCUT2D eigenvalue weighted by atomic mass is 10.3. The quantitative estimate of drug-likeness (QED) is 0.702. The monoisotopic (exact) mass is 384 g/mol. The molecular weight excluding hydrogens is 371 g/mol. The lowest BCUT2D eigenvalue weighted by molar-refractivity contribution is -0.116. The fraction of sp³-hybridized carbons (Fsp3) is 0.105. The first-order valence-corrected chi connectivity index (χ1v) is 8.80. The molecule has 0 saturated heterocycles. The third-order valence-corrected chi connectivity index (χ3v) is 4.77. The number of nitrogens with one attached hydrogen (secondary N) is 1. The van der Waals surface area contributed by atoms with Crippen LogP contribution in [-0.2, 0) is 11.3 Å². The predicted molar refractivity (Wildman–Crippen MR) is 106 cm³/mol. The maximum absolute atomic E-state index is 12.6. The zero-order valence-corrected chi connectivity index (χ0v) is 15.1. The van der Waals surface area contributed by atoms with E-state index in [2.05, 4.69) is 15.3 Å². The molecule has 1 aliphatic heterocycles. The highest BCUT2D eigenvalue weighted by atomic mass is 35.5. The highest BCUT2D eigenvalue weighted by molar-refractivity contribution is 6.42. The largest absolute Gasteiger partial charge is 0.324 e. The molecule has 2 heterocycles. The number of aromatic nitrogens is 2. The summed E-state index contributed by atoms with van der Waals surface area (Å²) in [6.45, 7) is 0.114. The van der Waals surface area contributed by atoms with Crippen LogP contribution in [0.15, 0.2) is 53.5 Å². The molecule has 0 saturated carbocycles. The van der Waals surface area contributed by atoms with Gasteiger partial charge in [0.1, 0.15) is 12.2 Å². The fourth-order valence-corrected chi connectivity index (χ4v) is 3.16.